The minimum absolute atomic E-state index is 0.188. The maximum atomic E-state index is 13.3. The van der Waals surface area contributed by atoms with Crippen molar-refractivity contribution in [3.8, 4) is 11.1 Å². The Morgan fingerprint density at radius 2 is 1.87 bits per heavy atom. The molecule has 38 heavy (non-hydrogen) atoms. The van der Waals surface area contributed by atoms with E-state index in [9.17, 15) is 13.2 Å². The van der Waals surface area contributed by atoms with E-state index < -0.39 is 12.2 Å². The summed E-state index contributed by atoms with van der Waals surface area (Å²) in [6, 6.07) is 6.33. The SMILES string of the molecule is CC(C)c1cnnc(Nc2ccc3ncc(-c4cnn(CCCN5CCCCC5C(F)(F)F)c4)cc3n2)c1. The molecule has 5 heterocycles. The van der Waals surface area contributed by atoms with E-state index in [4.69, 9.17) is 4.98 Å². The number of hydrogen-bond donors (Lipinski definition) is 1. The van der Waals surface area contributed by atoms with Crippen LogP contribution in [0.3, 0.4) is 0 Å². The summed E-state index contributed by atoms with van der Waals surface area (Å²) >= 11 is 0. The van der Waals surface area contributed by atoms with Crippen LogP contribution in [0.4, 0.5) is 24.8 Å². The van der Waals surface area contributed by atoms with Crippen molar-refractivity contribution in [1.29, 1.82) is 0 Å². The highest BCUT2D eigenvalue weighted by atomic mass is 19.4. The summed E-state index contributed by atoms with van der Waals surface area (Å²) in [5.41, 5.74) is 4.30. The van der Waals surface area contributed by atoms with Crippen LogP contribution in [0, 0.1) is 0 Å². The van der Waals surface area contributed by atoms with Gasteiger partial charge in [-0.2, -0.15) is 23.4 Å². The molecule has 0 amide bonds. The predicted octanol–water partition coefficient (Wildman–Crippen LogP) is 5.96. The second-order valence-corrected chi connectivity index (χ2v) is 10.0. The summed E-state index contributed by atoms with van der Waals surface area (Å²) in [4.78, 5) is 10.8. The molecule has 0 radical (unpaired) electrons. The maximum Gasteiger partial charge on any atom is 0.404 e. The number of aryl methyl sites for hydroxylation is 1. The molecule has 1 N–H and O–H groups in total. The zero-order valence-corrected chi connectivity index (χ0v) is 21.5. The van der Waals surface area contributed by atoms with Gasteiger partial charge in [0.25, 0.3) is 0 Å². The summed E-state index contributed by atoms with van der Waals surface area (Å²) in [6.45, 7) is 5.65. The van der Waals surface area contributed by atoms with Gasteiger partial charge in [-0.15, -0.1) is 5.10 Å². The second kappa shape index (κ2) is 11.0. The fourth-order valence-electron chi connectivity index (χ4n) is 4.82. The van der Waals surface area contributed by atoms with E-state index >= 15 is 0 Å². The van der Waals surface area contributed by atoms with E-state index in [1.807, 2.05) is 30.5 Å². The molecular formula is C27H31F3N8. The monoisotopic (exact) mass is 524 g/mol. The van der Waals surface area contributed by atoms with Gasteiger partial charge in [-0.05, 0) is 61.6 Å². The molecule has 0 saturated carbocycles. The van der Waals surface area contributed by atoms with Crippen molar-refractivity contribution >= 4 is 22.7 Å². The molecule has 0 spiro atoms. The Morgan fingerprint density at radius 1 is 1.00 bits per heavy atom. The fourth-order valence-corrected chi connectivity index (χ4v) is 4.82. The first kappa shape index (κ1) is 26.0. The van der Waals surface area contributed by atoms with E-state index in [0.29, 0.717) is 50.0 Å². The normalized spacial score (nSPS) is 16.8. The van der Waals surface area contributed by atoms with Gasteiger partial charge in [0, 0.05) is 36.6 Å². The van der Waals surface area contributed by atoms with Crippen LogP contribution in [0.15, 0.2) is 49.1 Å². The van der Waals surface area contributed by atoms with Crippen molar-refractivity contribution < 1.29 is 13.2 Å². The van der Waals surface area contributed by atoms with Gasteiger partial charge in [0.05, 0.1) is 23.4 Å². The van der Waals surface area contributed by atoms with E-state index in [-0.39, 0.29) is 6.42 Å². The minimum atomic E-state index is -4.17. The van der Waals surface area contributed by atoms with Crippen molar-refractivity contribution in [2.75, 3.05) is 18.4 Å². The molecule has 1 aliphatic rings. The van der Waals surface area contributed by atoms with Gasteiger partial charge < -0.3 is 5.32 Å². The van der Waals surface area contributed by atoms with E-state index in [0.717, 1.165) is 34.1 Å². The van der Waals surface area contributed by atoms with Crippen LogP contribution in [0.25, 0.3) is 22.2 Å². The summed E-state index contributed by atoms with van der Waals surface area (Å²) < 4.78 is 41.8. The van der Waals surface area contributed by atoms with E-state index in [2.05, 4.69) is 39.4 Å². The lowest BCUT2D eigenvalue weighted by atomic mass is 10.0. The average Bonchev–Trinajstić information content (AvgIpc) is 3.37. The number of pyridine rings is 2. The van der Waals surface area contributed by atoms with Crippen molar-refractivity contribution in [3.05, 3.63) is 54.6 Å². The molecule has 11 heteroatoms. The number of hydrogen-bond acceptors (Lipinski definition) is 7. The highest BCUT2D eigenvalue weighted by Gasteiger charge is 2.44. The third-order valence-electron chi connectivity index (χ3n) is 6.93. The number of piperidine rings is 1. The fraction of sp³-hybridized carbons (Fsp3) is 0.444. The van der Waals surface area contributed by atoms with Gasteiger partial charge in [-0.25, -0.2) is 4.98 Å². The van der Waals surface area contributed by atoms with E-state index in [1.54, 1.807) is 28.2 Å². The first-order valence-electron chi connectivity index (χ1n) is 13.0. The lowest BCUT2D eigenvalue weighted by Crippen LogP contribution is -2.49. The van der Waals surface area contributed by atoms with Crippen molar-refractivity contribution in [3.63, 3.8) is 0 Å². The quantitative estimate of drug-likeness (QED) is 0.305. The van der Waals surface area contributed by atoms with Gasteiger partial charge in [-0.3, -0.25) is 14.6 Å². The summed E-state index contributed by atoms with van der Waals surface area (Å²) in [5, 5.41) is 15.8. The Labute approximate surface area is 219 Å². The smallest absolute Gasteiger partial charge is 0.323 e. The van der Waals surface area contributed by atoms with Crippen molar-refractivity contribution in [2.45, 2.75) is 64.2 Å². The number of aromatic nitrogens is 6. The number of alkyl halides is 3. The standard InChI is InChI=1S/C27H31F3N8/c1-18(2)19-13-26(36-32-15-19)35-25-8-7-22-23(34-25)12-20(14-31-22)21-16-33-38(17-21)11-5-10-37-9-4-3-6-24(37)27(28,29)30/h7-8,12-18,24H,3-6,9-11H2,1-2H3,(H,34,35,36). The molecule has 1 saturated heterocycles. The Bertz CT molecular complexity index is 1380. The lowest BCUT2D eigenvalue weighted by Gasteiger charge is -2.36. The molecule has 0 aliphatic carbocycles. The Hall–Kier alpha value is -3.60. The topological polar surface area (TPSA) is 84.7 Å². The molecule has 0 bridgehead atoms. The van der Waals surface area contributed by atoms with Crippen LogP contribution in [0.2, 0.25) is 0 Å². The number of halogens is 3. The Balaban J connectivity index is 1.25. The molecule has 4 aromatic rings. The summed E-state index contributed by atoms with van der Waals surface area (Å²) in [7, 11) is 0. The number of rotatable bonds is 8. The highest BCUT2D eigenvalue weighted by Crippen LogP contribution is 2.32. The van der Waals surface area contributed by atoms with Gasteiger partial charge in [0.2, 0.25) is 0 Å². The van der Waals surface area contributed by atoms with Crippen LogP contribution < -0.4 is 5.32 Å². The van der Waals surface area contributed by atoms with Crippen LogP contribution >= 0.6 is 0 Å². The lowest BCUT2D eigenvalue weighted by molar-refractivity contribution is -0.191. The molecule has 1 fully saturated rings. The van der Waals surface area contributed by atoms with Crippen LogP contribution in [-0.4, -0.2) is 60.2 Å². The van der Waals surface area contributed by atoms with Gasteiger partial charge >= 0.3 is 6.18 Å². The molecule has 200 valence electrons. The van der Waals surface area contributed by atoms with Gasteiger partial charge in [0.15, 0.2) is 5.82 Å². The first-order valence-corrected chi connectivity index (χ1v) is 13.0. The third kappa shape index (κ3) is 6.09. The van der Waals surface area contributed by atoms with E-state index in [1.165, 1.54) is 0 Å². The van der Waals surface area contributed by atoms with Crippen LogP contribution in [-0.2, 0) is 6.54 Å². The van der Waals surface area contributed by atoms with Gasteiger partial charge in [0.1, 0.15) is 11.9 Å². The zero-order valence-electron chi connectivity index (χ0n) is 21.5. The molecular weight excluding hydrogens is 493 g/mol. The summed E-state index contributed by atoms with van der Waals surface area (Å²) in [6.07, 6.45) is 5.24. The second-order valence-electron chi connectivity index (χ2n) is 10.0. The van der Waals surface area contributed by atoms with Crippen molar-refractivity contribution in [2.24, 2.45) is 0 Å². The largest absolute Gasteiger partial charge is 0.404 e. The molecule has 8 nitrogen and oxygen atoms in total. The van der Waals surface area contributed by atoms with Crippen LogP contribution in [0.5, 0.6) is 0 Å². The number of fused-ring (bicyclic) bond motifs is 1. The van der Waals surface area contributed by atoms with Gasteiger partial charge in [-0.1, -0.05) is 20.3 Å². The van der Waals surface area contributed by atoms with Crippen molar-refractivity contribution in [1.82, 2.24) is 34.8 Å². The molecule has 1 aliphatic heterocycles. The Morgan fingerprint density at radius 3 is 2.68 bits per heavy atom. The molecule has 1 atom stereocenters. The van der Waals surface area contributed by atoms with Crippen LogP contribution in [0.1, 0.15) is 51.0 Å². The number of likely N-dealkylation sites (tertiary alicyclic amines) is 1. The number of anilines is 2. The number of nitrogens with zero attached hydrogens (tertiary/aromatic N) is 7. The molecule has 1 unspecified atom stereocenters. The highest BCUT2D eigenvalue weighted by molar-refractivity contribution is 5.81. The average molecular weight is 525 g/mol. The zero-order chi connectivity index (χ0) is 26.7. The number of nitrogens with one attached hydrogen (secondary N) is 1. The molecule has 4 aromatic heterocycles. The molecule has 0 aromatic carbocycles. The summed E-state index contributed by atoms with van der Waals surface area (Å²) in [5.74, 6) is 1.60. The third-order valence-corrected chi connectivity index (χ3v) is 6.93. The minimum Gasteiger partial charge on any atom is -0.323 e. The first-order chi connectivity index (χ1) is 18.3. The molecule has 5 rings (SSSR count). The maximum absolute atomic E-state index is 13.3. The Kier molecular flexibility index (Phi) is 7.55. The predicted molar refractivity (Wildman–Crippen MR) is 140 cm³/mol.